The fraction of sp³-hybridized carbons (Fsp3) is 0.300. The minimum atomic E-state index is -0.482. The third kappa shape index (κ3) is 2.87. The van der Waals surface area contributed by atoms with E-state index < -0.39 is 4.92 Å². The van der Waals surface area contributed by atoms with Crippen molar-refractivity contribution in [1.82, 2.24) is 19.7 Å². The second-order valence-electron chi connectivity index (χ2n) is 3.66. The summed E-state index contributed by atoms with van der Waals surface area (Å²) in [6, 6.07) is 0. The van der Waals surface area contributed by atoms with Crippen LogP contribution in [0.5, 0.6) is 0 Å². The number of aromatic nitrogens is 4. The monoisotopic (exact) mass is 326 g/mol. The molecule has 8 nitrogen and oxygen atoms in total. The summed E-state index contributed by atoms with van der Waals surface area (Å²) >= 11 is 3.24. The molecular formula is C10H11BrN6O2. The first-order chi connectivity index (χ1) is 9.13. The molecule has 0 bridgehead atoms. The summed E-state index contributed by atoms with van der Waals surface area (Å²) in [6.45, 7) is 3.05. The average molecular weight is 327 g/mol. The maximum atomic E-state index is 10.9. The molecule has 19 heavy (non-hydrogen) atoms. The molecule has 0 aliphatic rings. The van der Waals surface area contributed by atoms with Crippen LogP contribution in [0.1, 0.15) is 12.7 Å². The van der Waals surface area contributed by atoms with Crippen molar-refractivity contribution in [2.45, 2.75) is 20.0 Å². The average Bonchev–Trinajstić information content (AvgIpc) is 2.84. The van der Waals surface area contributed by atoms with E-state index in [0.717, 1.165) is 6.54 Å². The second-order valence-corrected chi connectivity index (χ2v) is 4.51. The molecule has 0 aromatic carbocycles. The molecule has 2 aromatic heterocycles. The SMILES string of the molecule is CCn1cnnc1CNc1c(Br)cncc1[N+](=O)[O-]. The topological polar surface area (TPSA) is 98.8 Å². The van der Waals surface area contributed by atoms with Gasteiger partial charge < -0.3 is 9.88 Å². The Morgan fingerprint density at radius 2 is 2.32 bits per heavy atom. The van der Waals surface area contributed by atoms with E-state index in [2.05, 4.69) is 36.4 Å². The first-order valence-corrected chi connectivity index (χ1v) is 6.31. The van der Waals surface area contributed by atoms with Gasteiger partial charge in [-0.05, 0) is 22.9 Å². The highest BCUT2D eigenvalue weighted by Crippen LogP contribution is 2.31. The molecule has 0 atom stereocenters. The predicted octanol–water partition coefficient (Wildman–Crippen LogP) is 1.98. The van der Waals surface area contributed by atoms with Crippen LogP contribution in [-0.4, -0.2) is 24.7 Å². The fourth-order valence-corrected chi connectivity index (χ4v) is 2.05. The smallest absolute Gasteiger partial charge is 0.311 e. The Kier molecular flexibility index (Phi) is 4.05. The lowest BCUT2D eigenvalue weighted by Gasteiger charge is -2.08. The third-order valence-electron chi connectivity index (χ3n) is 2.54. The van der Waals surface area contributed by atoms with E-state index in [1.165, 1.54) is 12.4 Å². The number of hydrogen-bond donors (Lipinski definition) is 1. The standard InChI is InChI=1S/C10H11BrN6O2/c1-2-16-6-14-15-9(16)5-13-10-7(11)3-12-4-8(10)17(18)19/h3-4,6H,2,5H2,1H3,(H,12,13). The Balaban J connectivity index is 2.22. The quantitative estimate of drug-likeness (QED) is 0.666. The predicted molar refractivity (Wildman–Crippen MR) is 71.6 cm³/mol. The zero-order valence-corrected chi connectivity index (χ0v) is 11.7. The van der Waals surface area contributed by atoms with Crippen molar-refractivity contribution in [1.29, 1.82) is 0 Å². The number of nitrogens with zero attached hydrogens (tertiary/aromatic N) is 5. The van der Waals surface area contributed by atoms with Gasteiger partial charge in [0.25, 0.3) is 0 Å². The van der Waals surface area contributed by atoms with Crippen LogP contribution in [0.4, 0.5) is 11.4 Å². The summed E-state index contributed by atoms with van der Waals surface area (Å²) in [5, 5.41) is 21.7. The molecule has 2 aromatic rings. The highest BCUT2D eigenvalue weighted by molar-refractivity contribution is 9.10. The molecule has 0 radical (unpaired) electrons. The lowest BCUT2D eigenvalue weighted by atomic mass is 10.3. The lowest BCUT2D eigenvalue weighted by molar-refractivity contribution is -0.384. The number of nitrogens with one attached hydrogen (secondary N) is 1. The van der Waals surface area contributed by atoms with Gasteiger partial charge in [0.1, 0.15) is 18.2 Å². The number of hydrogen-bond acceptors (Lipinski definition) is 6. The van der Waals surface area contributed by atoms with Gasteiger partial charge in [-0.2, -0.15) is 0 Å². The van der Waals surface area contributed by atoms with E-state index in [9.17, 15) is 10.1 Å². The van der Waals surface area contributed by atoms with Crippen molar-refractivity contribution in [3.8, 4) is 0 Å². The van der Waals surface area contributed by atoms with Gasteiger partial charge in [-0.3, -0.25) is 15.1 Å². The highest BCUT2D eigenvalue weighted by atomic mass is 79.9. The molecule has 9 heteroatoms. The van der Waals surface area contributed by atoms with Crippen molar-refractivity contribution in [2.75, 3.05) is 5.32 Å². The largest absolute Gasteiger partial charge is 0.371 e. The number of rotatable bonds is 5. The molecule has 2 rings (SSSR count). The van der Waals surface area contributed by atoms with Gasteiger partial charge in [-0.15, -0.1) is 10.2 Å². The highest BCUT2D eigenvalue weighted by Gasteiger charge is 2.17. The van der Waals surface area contributed by atoms with E-state index in [0.29, 0.717) is 22.5 Å². The Morgan fingerprint density at radius 3 is 3.00 bits per heavy atom. The third-order valence-corrected chi connectivity index (χ3v) is 3.14. The van der Waals surface area contributed by atoms with Crippen LogP contribution in [0, 0.1) is 10.1 Å². The van der Waals surface area contributed by atoms with E-state index in [1.54, 1.807) is 6.33 Å². The van der Waals surface area contributed by atoms with Gasteiger partial charge in [-0.25, -0.2) is 0 Å². The summed E-state index contributed by atoms with van der Waals surface area (Å²) in [7, 11) is 0. The molecule has 2 heterocycles. The van der Waals surface area contributed by atoms with Crippen molar-refractivity contribution in [2.24, 2.45) is 0 Å². The Labute approximate surface area is 117 Å². The van der Waals surface area contributed by atoms with Crippen LogP contribution >= 0.6 is 15.9 Å². The van der Waals surface area contributed by atoms with Gasteiger partial charge in [0.2, 0.25) is 0 Å². The zero-order chi connectivity index (χ0) is 13.8. The number of pyridine rings is 1. The summed E-state index contributed by atoms with van der Waals surface area (Å²) in [5.74, 6) is 0.709. The molecule has 0 amide bonds. The molecule has 0 spiro atoms. The molecule has 100 valence electrons. The summed E-state index contributed by atoms with van der Waals surface area (Å²) in [4.78, 5) is 14.2. The molecule has 0 aliphatic carbocycles. The minimum absolute atomic E-state index is 0.0862. The van der Waals surface area contributed by atoms with Crippen molar-refractivity contribution in [3.63, 3.8) is 0 Å². The van der Waals surface area contributed by atoms with E-state index >= 15 is 0 Å². The van der Waals surface area contributed by atoms with Crippen LogP contribution in [0.3, 0.4) is 0 Å². The first-order valence-electron chi connectivity index (χ1n) is 5.52. The van der Waals surface area contributed by atoms with Crippen LogP contribution in [-0.2, 0) is 13.1 Å². The van der Waals surface area contributed by atoms with Crippen LogP contribution in [0.25, 0.3) is 0 Å². The molecule has 0 fully saturated rings. The first kappa shape index (κ1) is 13.4. The van der Waals surface area contributed by atoms with Gasteiger partial charge >= 0.3 is 5.69 Å². The minimum Gasteiger partial charge on any atom is -0.371 e. The number of nitro groups is 1. The number of anilines is 1. The fourth-order valence-electron chi connectivity index (χ4n) is 1.59. The number of aryl methyl sites for hydroxylation is 1. The Morgan fingerprint density at radius 1 is 1.53 bits per heavy atom. The van der Waals surface area contributed by atoms with Crippen molar-refractivity contribution < 1.29 is 4.92 Å². The summed E-state index contributed by atoms with van der Waals surface area (Å²) < 4.78 is 2.39. The van der Waals surface area contributed by atoms with Crippen LogP contribution in [0.2, 0.25) is 0 Å². The Hall–Kier alpha value is -2.03. The lowest BCUT2D eigenvalue weighted by Crippen LogP contribution is -2.09. The summed E-state index contributed by atoms with van der Waals surface area (Å²) in [5.41, 5.74) is 0.294. The normalized spacial score (nSPS) is 10.4. The molecule has 1 N–H and O–H groups in total. The van der Waals surface area contributed by atoms with E-state index in [1.807, 2.05) is 11.5 Å². The van der Waals surface area contributed by atoms with E-state index in [-0.39, 0.29) is 5.69 Å². The second kappa shape index (κ2) is 5.74. The van der Waals surface area contributed by atoms with Gasteiger partial charge in [0.15, 0.2) is 5.82 Å². The van der Waals surface area contributed by atoms with Gasteiger partial charge in [0, 0.05) is 12.7 Å². The molecule has 0 saturated heterocycles. The molecule has 0 saturated carbocycles. The van der Waals surface area contributed by atoms with E-state index in [4.69, 9.17) is 0 Å². The Bertz CT molecular complexity index is 599. The van der Waals surface area contributed by atoms with Gasteiger partial charge in [-0.1, -0.05) is 0 Å². The number of halogens is 1. The summed E-state index contributed by atoms with van der Waals surface area (Å²) in [6.07, 6.45) is 4.32. The van der Waals surface area contributed by atoms with Crippen molar-refractivity contribution >= 4 is 27.3 Å². The maximum Gasteiger partial charge on any atom is 0.311 e. The van der Waals surface area contributed by atoms with Crippen LogP contribution < -0.4 is 5.32 Å². The zero-order valence-electron chi connectivity index (χ0n) is 10.1. The molecule has 0 aliphatic heterocycles. The molecular weight excluding hydrogens is 316 g/mol. The maximum absolute atomic E-state index is 10.9. The van der Waals surface area contributed by atoms with Crippen molar-refractivity contribution in [3.05, 3.63) is 39.1 Å². The van der Waals surface area contributed by atoms with Crippen LogP contribution in [0.15, 0.2) is 23.2 Å². The molecule has 0 unspecified atom stereocenters. The van der Waals surface area contributed by atoms with Gasteiger partial charge in [0.05, 0.1) is 15.9 Å².